The molecule has 0 aliphatic heterocycles. The molecule has 2 aromatic rings. The van der Waals surface area contributed by atoms with E-state index < -0.39 is 0 Å². The Morgan fingerprint density at radius 2 is 2.11 bits per heavy atom. The van der Waals surface area contributed by atoms with Gasteiger partial charge < -0.3 is 11.1 Å². The number of nitrogens with zero attached hydrogens (tertiary/aromatic N) is 1. The first-order chi connectivity index (χ1) is 8.56. The van der Waals surface area contributed by atoms with Crippen LogP contribution in [-0.2, 0) is 0 Å². The van der Waals surface area contributed by atoms with Gasteiger partial charge in [-0.15, -0.1) is 0 Å². The fraction of sp³-hybridized carbons (Fsp3) is 0. The number of carbonyl (C=O) groups is 1. The number of benzene rings is 1. The smallest absolute Gasteiger partial charge is 0.255 e. The number of hydrogen-bond acceptors (Lipinski definition) is 3. The maximum Gasteiger partial charge on any atom is 0.255 e. The first-order valence-electron chi connectivity index (χ1n) is 5.04. The maximum atomic E-state index is 12.9. The van der Waals surface area contributed by atoms with E-state index in [-0.39, 0.29) is 17.5 Å². The predicted molar refractivity (Wildman–Crippen MR) is 70.7 cm³/mol. The summed E-state index contributed by atoms with van der Waals surface area (Å²) >= 11 is 3.17. The Bertz CT molecular complexity index is 604. The summed E-state index contributed by atoms with van der Waals surface area (Å²) in [7, 11) is 0. The molecule has 0 unspecified atom stereocenters. The Kier molecular flexibility index (Phi) is 3.57. The van der Waals surface area contributed by atoms with E-state index in [1.165, 1.54) is 30.5 Å². The highest BCUT2D eigenvalue weighted by Crippen LogP contribution is 2.23. The summed E-state index contributed by atoms with van der Waals surface area (Å²) in [6, 6.07) is 7.02. The largest absolute Gasteiger partial charge is 0.384 e. The van der Waals surface area contributed by atoms with Crippen molar-refractivity contribution < 1.29 is 9.18 Å². The molecule has 0 fully saturated rings. The molecule has 92 valence electrons. The van der Waals surface area contributed by atoms with Crippen LogP contribution in [0.15, 0.2) is 41.0 Å². The number of nitrogen functional groups attached to an aromatic ring is 1. The summed E-state index contributed by atoms with van der Waals surface area (Å²) in [5.41, 5.74) is 6.36. The van der Waals surface area contributed by atoms with Crippen molar-refractivity contribution in [1.29, 1.82) is 0 Å². The molecule has 4 nitrogen and oxygen atoms in total. The van der Waals surface area contributed by atoms with Crippen LogP contribution in [0.4, 0.5) is 15.9 Å². The maximum absolute atomic E-state index is 12.9. The van der Waals surface area contributed by atoms with Crippen LogP contribution in [0.2, 0.25) is 0 Å². The SMILES string of the molecule is Nc1cc(C(=O)Nc2ccc(F)cc2Br)ccn1. The number of anilines is 2. The van der Waals surface area contributed by atoms with E-state index >= 15 is 0 Å². The van der Waals surface area contributed by atoms with Gasteiger partial charge in [-0.25, -0.2) is 9.37 Å². The lowest BCUT2D eigenvalue weighted by Gasteiger charge is -2.07. The van der Waals surface area contributed by atoms with Gasteiger partial charge in [0.25, 0.3) is 5.91 Å². The Hall–Kier alpha value is -1.95. The van der Waals surface area contributed by atoms with Crippen LogP contribution >= 0.6 is 15.9 Å². The molecule has 1 amide bonds. The van der Waals surface area contributed by atoms with Gasteiger partial charge in [0.2, 0.25) is 0 Å². The van der Waals surface area contributed by atoms with Crippen molar-refractivity contribution in [3.05, 3.63) is 52.4 Å². The summed E-state index contributed by atoms with van der Waals surface area (Å²) < 4.78 is 13.4. The van der Waals surface area contributed by atoms with Gasteiger partial charge in [0.1, 0.15) is 11.6 Å². The van der Waals surface area contributed by atoms with Crippen molar-refractivity contribution >= 4 is 33.3 Å². The second-order valence-corrected chi connectivity index (χ2v) is 4.40. The van der Waals surface area contributed by atoms with Crippen molar-refractivity contribution in [3.8, 4) is 0 Å². The van der Waals surface area contributed by atoms with E-state index in [1.54, 1.807) is 6.07 Å². The van der Waals surface area contributed by atoms with Crippen LogP contribution in [0.3, 0.4) is 0 Å². The molecule has 3 N–H and O–H groups in total. The molecular formula is C12H9BrFN3O. The van der Waals surface area contributed by atoms with Gasteiger partial charge >= 0.3 is 0 Å². The fourth-order valence-corrected chi connectivity index (χ4v) is 1.82. The predicted octanol–water partition coefficient (Wildman–Crippen LogP) is 2.82. The van der Waals surface area contributed by atoms with E-state index in [0.717, 1.165) is 0 Å². The number of rotatable bonds is 2. The van der Waals surface area contributed by atoms with Crippen molar-refractivity contribution in [3.63, 3.8) is 0 Å². The van der Waals surface area contributed by atoms with Crippen LogP contribution in [0.1, 0.15) is 10.4 Å². The molecule has 1 aromatic heterocycles. The second-order valence-electron chi connectivity index (χ2n) is 3.55. The zero-order valence-electron chi connectivity index (χ0n) is 9.15. The van der Waals surface area contributed by atoms with Crippen LogP contribution in [-0.4, -0.2) is 10.9 Å². The molecule has 1 heterocycles. The molecule has 0 atom stereocenters. The summed E-state index contributed by atoms with van der Waals surface area (Å²) in [6.07, 6.45) is 1.45. The van der Waals surface area contributed by atoms with Crippen molar-refractivity contribution in [2.45, 2.75) is 0 Å². The highest BCUT2D eigenvalue weighted by Gasteiger charge is 2.09. The lowest BCUT2D eigenvalue weighted by molar-refractivity contribution is 0.102. The summed E-state index contributed by atoms with van der Waals surface area (Å²) in [4.78, 5) is 15.7. The lowest BCUT2D eigenvalue weighted by atomic mass is 10.2. The van der Waals surface area contributed by atoms with Crippen LogP contribution in [0.25, 0.3) is 0 Å². The Morgan fingerprint density at radius 1 is 1.33 bits per heavy atom. The molecule has 0 spiro atoms. The molecule has 2 rings (SSSR count). The van der Waals surface area contributed by atoms with Crippen LogP contribution < -0.4 is 11.1 Å². The minimum absolute atomic E-state index is 0.265. The first kappa shape index (κ1) is 12.5. The van der Waals surface area contributed by atoms with E-state index in [9.17, 15) is 9.18 Å². The average Bonchev–Trinajstić information content (AvgIpc) is 2.32. The van der Waals surface area contributed by atoms with Gasteiger partial charge in [-0.2, -0.15) is 0 Å². The Labute approximate surface area is 111 Å². The fourth-order valence-electron chi connectivity index (χ4n) is 1.37. The number of carbonyl (C=O) groups excluding carboxylic acids is 1. The monoisotopic (exact) mass is 309 g/mol. The molecule has 6 heteroatoms. The average molecular weight is 310 g/mol. The standard InChI is InChI=1S/C12H9BrFN3O/c13-9-6-8(14)1-2-10(9)17-12(18)7-3-4-16-11(15)5-7/h1-6H,(H2,15,16)(H,17,18). The molecule has 0 aliphatic rings. The molecule has 18 heavy (non-hydrogen) atoms. The molecule has 1 aromatic carbocycles. The molecule has 0 saturated carbocycles. The van der Waals surface area contributed by atoms with Gasteiger partial charge in [0.15, 0.2) is 0 Å². The van der Waals surface area contributed by atoms with Gasteiger partial charge in [0, 0.05) is 16.2 Å². The summed E-state index contributed by atoms with van der Waals surface area (Å²) in [5.74, 6) is -0.453. The number of hydrogen-bond donors (Lipinski definition) is 2. The topological polar surface area (TPSA) is 68.0 Å². The highest BCUT2D eigenvalue weighted by atomic mass is 79.9. The molecule has 0 radical (unpaired) electrons. The minimum atomic E-state index is -0.381. The highest BCUT2D eigenvalue weighted by molar-refractivity contribution is 9.10. The van der Waals surface area contributed by atoms with E-state index in [4.69, 9.17) is 5.73 Å². The third-order valence-electron chi connectivity index (χ3n) is 2.22. The zero-order chi connectivity index (χ0) is 13.1. The summed E-state index contributed by atoms with van der Waals surface area (Å²) in [6.45, 7) is 0. The molecule has 0 aliphatic carbocycles. The number of nitrogens with one attached hydrogen (secondary N) is 1. The van der Waals surface area contributed by atoms with Crippen molar-refractivity contribution in [1.82, 2.24) is 4.98 Å². The minimum Gasteiger partial charge on any atom is -0.384 e. The number of halogens is 2. The number of pyridine rings is 1. The van der Waals surface area contributed by atoms with Gasteiger partial charge in [-0.3, -0.25) is 4.79 Å². The van der Waals surface area contributed by atoms with E-state index in [0.29, 0.717) is 15.7 Å². The van der Waals surface area contributed by atoms with E-state index in [1.807, 2.05) is 0 Å². The first-order valence-corrected chi connectivity index (χ1v) is 5.83. The number of amides is 1. The normalized spacial score (nSPS) is 10.1. The number of nitrogens with two attached hydrogens (primary N) is 1. The Balaban J connectivity index is 2.21. The number of aromatic nitrogens is 1. The Morgan fingerprint density at radius 3 is 2.78 bits per heavy atom. The van der Waals surface area contributed by atoms with Crippen molar-refractivity contribution in [2.75, 3.05) is 11.1 Å². The van der Waals surface area contributed by atoms with Crippen LogP contribution in [0.5, 0.6) is 0 Å². The van der Waals surface area contributed by atoms with Crippen LogP contribution in [0, 0.1) is 5.82 Å². The van der Waals surface area contributed by atoms with Gasteiger partial charge in [-0.05, 0) is 46.3 Å². The molecular weight excluding hydrogens is 301 g/mol. The lowest BCUT2D eigenvalue weighted by Crippen LogP contribution is -2.12. The quantitative estimate of drug-likeness (QED) is 0.896. The van der Waals surface area contributed by atoms with Gasteiger partial charge in [-0.1, -0.05) is 0 Å². The second kappa shape index (κ2) is 5.14. The third-order valence-corrected chi connectivity index (χ3v) is 2.88. The summed E-state index contributed by atoms with van der Waals surface area (Å²) in [5, 5.41) is 2.65. The van der Waals surface area contributed by atoms with Crippen molar-refractivity contribution in [2.24, 2.45) is 0 Å². The molecule has 0 saturated heterocycles. The third kappa shape index (κ3) is 2.84. The molecule has 0 bridgehead atoms. The zero-order valence-corrected chi connectivity index (χ0v) is 10.7. The van der Waals surface area contributed by atoms with E-state index in [2.05, 4.69) is 26.2 Å². The van der Waals surface area contributed by atoms with Gasteiger partial charge in [0.05, 0.1) is 5.69 Å².